The van der Waals surface area contributed by atoms with Gasteiger partial charge in [-0.1, -0.05) is 0 Å². The second-order valence-electron chi connectivity index (χ2n) is 3.51. The molecule has 0 unspecified atom stereocenters. The maximum atomic E-state index is 11.2. The van der Waals surface area contributed by atoms with Gasteiger partial charge in [0.1, 0.15) is 6.54 Å². The number of rotatable bonds is 5. The van der Waals surface area contributed by atoms with Crippen LogP contribution in [0.15, 0.2) is 16.8 Å². The van der Waals surface area contributed by atoms with E-state index in [0.29, 0.717) is 5.69 Å². The van der Waals surface area contributed by atoms with Crippen LogP contribution in [0, 0.1) is 10.1 Å². The summed E-state index contributed by atoms with van der Waals surface area (Å²) in [7, 11) is 0. The van der Waals surface area contributed by atoms with E-state index >= 15 is 0 Å². The number of ether oxygens (including phenoxy) is 1. The summed E-state index contributed by atoms with van der Waals surface area (Å²) < 4.78 is 9.24. The van der Waals surface area contributed by atoms with E-state index in [1.54, 1.807) is 6.92 Å². The van der Waals surface area contributed by atoms with Gasteiger partial charge < -0.3 is 10.1 Å². The minimum Gasteiger partial charge on any atom is -0.465 e. The molecule has 0 spiro atoms. The van der Waals surface area contributed by atoms with E-state index in [1.807, 2.05) is 0 Å². The molecule has 1 aromatic carbocycles. The molecule has 0 saturated carbocycles. The zero-order valence-electron chi connectivity index (χ0n) is 9.95. The molecule has 9 heteroatoms. The number of anilines is 1. The van der Waals surface area contributed by atoms with Crippen molar-refractivity contribution in [3.63, 3.8) is 0 Å². The fourth-order valence-corrected chi connectivity index (χ4v) is 1.52. The molecule has 0 fully saturated rings. The third kappa shape index (κ3) is 2.59. The highest BCUT2D eigenvalue weighted by Gasteiger charge is 2.19. The van der Waals surface area contributed by atoms with Crippen LogP contribution in [-0.4, -0.2) is 34.4 Å². The molecule has 1 aromatic heterocycles. The number of benzene rings is 1. The Kier molecular flexibility index (Phi) is 3.55. The summed E-state index contributed by atoms with van der Waals surface area (Å²) in [4.78, 5) is 21.4. The smallest absolute Gasteiger partial charge is 0.325 e. The van der Waals surface area contributed by atoms with Gasteiger partial charge in [0, 0.05) is 6.07 Å². The molecule has 1 N–H and O–H groups in total. The van der Waals surface area contributed by atoms with Crippen molar-refractivity contribution in [2.24, 2.45) is 0 Å². The molecule has 9 nitrogen and oxygen atoms in total. The van der Waals surface area contributed by atoms with Gasteiger partial charge in [0.2, 0.25) is 5.52 Å². The van der Waals surface area contributed by atoms with Gasteiger partial charge in [0.25, 0.3) is 0 Å². The lowest BCUT2D eigenvalue weighted by Gasteiger charge is -2.05. The molecule has 0 radical (unpaired) electrons. The summed E-state index contributed by atoms with van der Waals surface area (Å²) in [5, 5.41) is 20.6. The Morgan fingerprint density at radius 3 is 2.89 bits per heavy atom. The molecular formula is C10H10N4O5. The number of nitro benzene ring substituents is 1. The van der Waals surface area contributed by atoms with Gasteiger partial charge in [-0.3, -0.25) is 14.9 Å². The normalized spacial score (nSPS) is 10.4. The van der Waals surface area contributed by atoms with Crippen molar-refractivity contribution in [2.75, 3.05) is 18.5 Å². The second kappa shape index (κ2) is 5.29. The number of hydrogen-bond donors (Lipinski definition) is 1. The Balaban J connectivity index is 2.25. The van der Waals surface area contributed by atoms with Gasteiger partial charge >= 0.3 is 11.7 Å². The molecule has 1 heterocycles. The minimum atomic E-state index is -0.582. The Bertz CT molecular complexity index is 623. The molecule has 0 aliphatic carbocycles. The van der Waals surface area contributed by atoms with E-state index in [1.165, 1.54) is 12.1 Å². The molecule has 0 amide bonds. The third-order valence-corrected chi connectivity index (χ3v) is 2.32. The monoisotopic (exact) mass is 266 g/mol. The lowest BCUT2D eigenvalue weighted by Crippen LogP contribution is -2.16. The van der Waals surface area contributed by atoms with E-state index in [4.69, 9.17) is 4.74 Å². The van der Waals surface area contributed by atoms with Crippen LogP contribution in [0.4, 0.5) is 11.4 Å². The van der Waals surface area contributed by atoms with Crippen LogP contribution in [0.25, 0.3) is 11.0 Å². The van der Waals surface area contributed by atoms with Crippen molar-refractivity contribution >= 4 is 28.4 Å². The van der Waals surface area contributed by atoms with Crippen LogP contribution in [-0.2, 0) is 9.53 Å². The molecule has 2 aromatic rings. The largest absolute Gasteiger partial charge is 0.465 e. The zero-order valence-corrected chi connectivity index (χ0v) is 9.95. The van der Waals surface area contributed by atoms with Crippen molar-refractivity contribution in [2.45, 2.75) is 6.92 Å². The van der Waals surface area contributed by atoms with E-state index in [2.05, 4.69) is 20.3 Å². The first-order valence-electron chi connectivity index (χ1n) is 5.42. The molecule has 0 atom stereocenters. The Morgan fingerprint density at radius 1 is 1.47 bits per heavy atom. The third-order valence-electron chi connectivity index (χ3n) is 2.32. The minimum absolute atomic E-state index is 0.0267. The van der Waals surface area contributed by atoms with Gasteiger partial charge in [-0.25, -0.2) is 4.63 Å². The first-order valence-corrected chi connectivity index (χ1v) is 5.42. The number of nitrogens with one attached hydrogen (secondary N) is 1. The first kappa shape index (κ1) is 12.7. The van der Waals surface area contributed by atoms with Crippen molar-refractivity contribution < 1.29 is 19.1 Å². The molecule has 0 aliphatic rings. The molecule has 2 rings (SSSR count). The van der Waals surface area contributed by atoms with Crippen LogP contribution in [0.5, 0.6) is 0 Å². The van der Waals surface area contributed by atoms with Crippen LogP contribution in [0.3, 0.4) is 0 Å². The SMILES string of the molecule is CCOC(=O)CNc1ccc([N+](=O)[O-])c2nonc12. The standard InChI is InChI=1S/C10H10N4O5/c1-2-18-8(15)5-11-6-3-4-7(14(16)17)10-9(6)12-19-13-10/h3-4,11H,2,5H2,1H3. The van der Waals surface area contributed by atoms with Gasteiger partial charge in [-0.2, -0.15) is 0 Å². The number of carbonyl (C=O) groups is 1. The number of esters is 1. The number of aromatic nitrogens is 2. The fraction of sp³-hybridized carbons (Fsp3) is 0.300. The average Bonchev–Trinajstić information content (AvgIpc) is 2.85. The number of nitro groups is 1. The molecular weight excluding hydrogens is 256 g/mol. The summed E-state index contributed by atoms with van der Waals surface area (Å²) in [6.45, 7) is 1.90. The van der Waals surface area contributed by atoms with Gasteiger partial charge in [-0.05, 0) is 23.3 Å². The van der Waals surface area contributed by atoms with E-state index < -0.39 is 10.9 Å². The maximum absolute atomic E-state index is 11.2. The fourth-order valence-electron chi connectivity index (χ4n) is 1.52. The highest BCUT2D eigenvalue weighted by atomic mass is 16.6. The van der Waals surface area contributed by atoms with Crippen molar-refractivity contribution in [1.29, 1.82) is 0 Å². The van der Waals surface area contributed by atoms with Crippen LogP contribution in [0.1, 0.15) is 6.92 Å². The number of hydrogen-bond acceptors (Lipinski definition) is 8. The second-order valence-corrected chi connectivity index (χ2v) is 3.51. The maximum Gasteiger partial charge on any atom is 0.325 e. The Hall–Kier alpha value is -2.71. The quantitative estimate of drug-likeness (QED) is 0.485. The molecule has 0 bridgehead atoms. The number of fused-ring (bicyclic) bond motifs is 1. The van der Waals surface area contributed by atoms with Crippen LogP contribution >= 0.6 is 0 Å². The van der Waals surface area contributed by atoms with E-state index in [0.717, 1.165) is 0 Å². The lowest BCUT2D eigenvalue weighted by atomic mass is 10.2. The van der Waals surface area contributed by atoms with Gasteiger partial charge in [-0.15, -0.1) is 0 Å². The Morgan fingerprint density at radius 2 is 2.21 bits per heavy atom. The van der Waals surface area contributed by atoms with Crippen LogP contribution < -0.4 is 5.32 Å². The summed E-state index contributed by atoms with van der Waals surface area (Å²) in [6, 6.07) is 2.70. The predicted octanol–water partition coefficient (Wildman–Crippen LogP) is 1.11. The summed E-state index contributed by atoms with van der Waals surface area (Å²) >= 11 is 0. The number of nitrogens with zero attached hydrogens (tertiary/aromatic N) is 3. The van der Waals surface area contributed by atoms with Crippen molar-refractivity contribution in [1.82, 2.24) is 10.3 Å². The Labute approximate surface area is 106 Å². The first-order chi connectivity index (χ1) is 9.13. The summed E-state index contributed by atoms with van der Waals surface area (Å²) in [5.41, 5.74) is 0.421. The zero-order chi connectivity index (χ0) is 13.8. The van der Waals surface area contributed by atoms with E-state index in [9.17, 15) is 14.9 Å². The summed E-state index contributed by atoms with van der Waals surface area (Å²) in [6.07, 6.45) is 0. The highest BCUT2D eigenvalue weighted by molar-refractivity contribution is 5.94. The van der Waals surface area contributed by atoms with Crippen molar-refractivity contribution in [3.05, 3.63) is 22.2 Å². The highest BCUT2D eigenvalue weighted by Crippen LogP contribution is 2.28. The van der Waals surface area contributed by atoms with Gasteiger partial charge in [0.15, 0.2) is 5.52 Å². The molecule has 19 heavy (non-hydrogen) atoms. The van der Waals surface area contributed by atoms with E-state index in [-0.39, 0.29) is 29.9 Å². The lowest BCUT2D eigenvalue weighted by molar-refractivity contribution is -0.383. The number of non-ortho nitro benzene ring substituents is 1. The topological polar surface area (TPSA) is 120 Å². The van der Waals surface area contributed by atoms with Crippen molar-refractivity contribution in [3.8, 4) is 0 Å². The number of carbonyl (C=O) groups excluding carboxylic acids is 1. The molecule has 0 saturated heterocycles. The predicted molar refractivity (Wildman–Crippen MR) is 63.6 cm³/mol. The average molecular weight is 266 g/mol. The molecule has 100 valence electrons. The molecule has 0 aliphatic heterocycles. The summed E-state index contributed by atoms with van der Waals surface area (Å²) in [5.74, 6) is -0.439. The van der Waals surface area contributed by atoms with Crippen LogP contribution in [0.2, 0.25) is 0 Å². The van der Waals surface area contributed by atoms with Gasteiger partial charge in [0.05, 0.1) is 17.2 Å².